The predicted molar refractivity (Wildman–Crippen MR) is 179 cm³/mol. The van der Waals surface area contributed by atoms with E-state index in [9.17, 15) is 5.11 Å². The quantitative estimate of drug-likeness (QED) is 0.152. The Kier molecular flexibility index (Phi) is 8.12. The van der Waals surface area contributed by atoms with E-state index >= 15 is 0 Å². The molecule has 0 heterocycles. The van der Waals surface area contributed by atoms with Gasteiger partial charge in [-0.05, 0) is 79.2 Å². The third kappa shape index (κ3) is 6.32. The zero-order valence-corrected chi connectivity index (χ0v) is 24.5. The molecule has 0 atom stereocenters. The molecule has 6 heteroatoms. The van der Waals surface area contributed by atoms with Crippen LogP contribution in [0.25, 0.3) is 66.1 Å². The SMILES string of the molecule is O=P(O)(O)O.Oc1ccc2ccccc2c1-c1c(-c2cc(-c3ccccc3)cc(-c3ccccc3)c2)ccc2ccccc12. The summed E-state index contributed by atoms with van der Waals surface area (Å²) in [7, 11) is -4.64. The van der Waals surface area contributed by atoms with Crippen molar-refractivity contribution in [2.45, 2.75) is 0 Å². The number of hydrogen-bond donors (Lipinski definition) is 4. The van der Waals surface area contributed by atoms with E-state index in [0.29, 0.717) is 0 Å². The molecule has 0 bridgehead atoms. The lowest BCUT2D eigenvalue weighted by Gasteiger charge is -2.19. The molecule has 7 rings (SSSR count). The van der Waals surface area contributed by atoms with E-state index in [4.69, 9.17) is 19.2 Å². The van der Waals surface area contributed by atoms with Crippen LogP contribution in [-0.2, 0) is 4.57 Å². The van der Waals surface area contributed by atoms with E-state index in [-0.39, 0.29) is 5.75 Å². The van der Waals surface area contributed by atoms with Crippen LogP contribution < -0.4 is 0 Å². The summed E-state index contributed by atoms with van der Waals surface area (Å²) in [5.41, 5.74) is 8.79. The van der Waals surface area contributed by atoms with Crippen LogP contribution in [0.4, 0.5) is 0 Å². The predicted octanol–water partition coefficient (Wildman–Crippen LogP) is 9.44. The molecular formula is C38H29O5P. The Hall–Kier alpha value is -5.03. The fourth-order valence-corrected chi connectivity index (χ4v) is 5.68. The van der Waals surface area contributed by atoms with Crippen molar-refractivity contribution in [3.8, 4) is 50.3 Å². The largest absolute Gasteiger partial charge is 0.507 e. The van der Waals surface area contributed by atoms with Gasteiger partial charge in [0, 0.05) is 11.1 Å². The van der Waals surface area contributed by atoms with Crippen molar-refractivity contribution in [2.75, 3.05) is 0 Å². The van der Waals surface area contributed by atoms with Gasteiger partial charge in [0.2, 0.25) is 0 Å². The molecule has 0 fully saturated rings. The van der Waals surface area contributed by atoms with Crippen LogP contribution in [-0.4, -0.2) is 19.8 Å². The average Bonchev–Trinajstić information content (AvgIpc) is 3.04. The molecular weight excluding hydrogens is 567 g/mol. The van der Waals surface area contributed by atoms with Gasteiger partial charge in [-0.3, -0.25) is 0 Å². The van der Waals surface area contributed by atoms with Crippen molar-refractivity contribution in [3.05, 3.63) is 152 Å². The van der Waals surface area contributed by atoms with Crippen molar-refractivity contribution >= 4 is 29.4 Å². The number of rotatable bonds is 4. The lowest BCUT2D eigenvalue weighted by atomic mass is 9.85. The molecule has 5 nitrogen and oxygen atoms in total. The summed E-state index contributed by atoms with van der Waals surface area (Å²) >= 11 is 0. The summed E-state index contributed by atoms with van der Waals surface area (Å²) < 4.78 is 8.88. The summed E-state index contributed by atoms with van der Waals surface area (Å²) in [6.45, 7) is 0. The summed E-state index contributed by atoms with van der Waals surface area (Å²) in [5, 5.41) is 15.8. The number of phenols is 1. The monoisotopic (exact) mass is 596 g/mol. The van der Waals surface area contributed by atoms with E-state index in [1.165, 1.54) is 11.1 Å². The second-order valence-electron chi connectivity index (χ2n) is 10.4. The highest BCUT2D eigenvalue weighted by Gasteiger charge is 2.19. The van der Waals surface area contributed by atoms with Gasteiger partial charge in [0.1, 0.15) is 5.75 Å². The summed E-state index contributed by atoms with van der Waals surface area (Å²) in [6.07, 6.45) is 0. The zero-order chi connectivity index (χ0) is 30.7. The Morgan fingerprint density at radius 3 is 1.34 bits per heavy atom. The Labute approximate surface area is 255 Å². The Morgan fingerprint density at radius 1 is 0.409 bits per heavy atom. The average molecular weight is 597 g/mol. The molecule has 0 spiro atoms. The highest BCUT2D eigenvalue weighted by atomic mass is 31.2. The molecule has 7 aromatic carbocycles. The number of aromatic hydroxyl groups is 1. The Balaban J connectivity index is 0.000000637. The topological polar surface area (TPSA) is 98.0 Å². The first-order valence-electron chi connectivity index (χ1n) is 14.0. The van der Waals surface area contributed by atoms with Gasteiger partial charge in [-0.2, -0.15) is 0 Å². The molecule has 0 radical (unpaired) electrons. The van der Waals surface area contributed by atoms with Crippen LogP contribution in [0, 0.1) is 0 Å². The summed E-state index contributed by atoms with van der Waals surface area (Å²) in [4.78, 5) is 21.6. The van der Waals surface area contributed by atoms with Crippen molar-refractivity contribution in [3.63, 3.8) is 0 Å². The molecule has 0 amide bonds. The molecule has 44 heavy (non-hydrogen) atoms. The smallest absolute Gasteiger partial charge is 0.466 e. The Morgan fingerprint density at radius 2 is 0.818 bits per heavy atom. The second kappa shape index (κ2) is 12.3. The third-order valence-corrected chi connectivity index (χ3v) is 7.54. The number of fused-ring (bicyclic) bond motifs is 2. The fraction of sp³-hybridized carbons (Fsp3) is 0. The summed E-state index contributed by atoms with van der Waals surface area (Å²) in [5.74, 6) is 0.286. The van der Waals surface area contributed by atoms with Crippen LogP contribution >= 0.6 is 7.82 Å². The second-order valence-corrected chi connectivity index (χ2v) is 11.5. The maximum atomic E-state index is 11.4. The fourth-order valence-electron chi connectivity index (χ4n) is 5.68. The molecule has 0 saturated carbocycles. The summed E-state index contributed by atoms with van der Waals surface area (Å²) in [6, 6.07) is 52.8. The number of benzene rings is 7. The van der Waals surface area contributed by atoms with Crippen molar-refractivity contribution in [1.82, 2.24) is 0 Å². The van der Waals surface area contributed by atoms with Crippen LogP contribution in [0.1, 0.15) is 0 Å². The molecule has 216 valence electrons. The molecule has 4 N–H and O–H groups in total. The highest BCUT2D eigenvalue weighted by Crippen LogP contribution is 2.46. The third-order valence-electron chi connectivity index (χ3n) is 7.54. The van der Waals surface area contributed by atoms with Crippen LogP contribution in [0.2, 0.25) is 0 Å². The van der Waals surface area contributed by atoms with E-state index in [0.717, 1.165) is 54.9 Å². The zero-order valence-electron chi connectivity index (χ0n) is 23.6. The first kappa shape index (κ1) is 29.1. The van der Waals surface area contributed by atoms with Crippen LogP contribution in [0.15, 0.2) is 152 Å². The van der Waals surface area contributed by atoms with Gasteiger partial charge in [0.25, 0.3) is 0 Å². The van der Waals surface area contributed by atoms with Gasteiger partial charge in [-0.25, -0.2) is 4.57 Å². The van der Waals surface area contributed by atoms with Gasteiger partial charge < -0.3 is 19.8 Å². The molecule has 0 unspecified atom stereocenters. The maximum Gasteiger partial charge on any atom is 0.466 e. The van der Waals surface area contributed by atoms with Crippen molar-refractivity contribution < 1.29 is 24.4 Å². The lowest BCUT2D eigenvalue weighted by Crippen LogP contribution is -1.92. The van der Waals surface area contributed by atoms with E-state index in [2.05, 4.69) is 127 Å². The van der Waals surface area contributed by atoms with Gasteiger partial charge in [0.15, 0.2) is 0 Å². The first-order chi connectivity index (χ1) is 21.3. The molecule has 7 aromatic rings. The minimum atomic E-state index is -4.64. The Bertz CT molecular complexity index is 2070. The van der Waals surface area contributed by atoms with Gasteiger partial charge in [-0.15, -0.1) is 0 Å². The van der Waals surface area contributed by atoms with E-state index in [1.54, 1.807) is 0 Å². The van der Waals surface area contributed by atoms with Gasteiger partial charge in [-0.1, -0.05) is 127 Å². The lowest BCUT2D eigenvalue weighted by molar-refractivity contribution is 0.275. The standard InChI is InChI=1S/C38H26O.H3O4P/c39-36-22-20-29-16-8-10-18-34(29)38(36)37-33-17-9-7-15-28(33)19-21-35(37)32-24-30(26-11-3-1-4-12-26)23-31(25-32)27-13-5-2-6-14-27;1-5(2,3)4/h1-25,39H;(H3,1,2,3,4). The molecule has 0 aliphatic rings. The highest BCUT2D eigenvalue weighted by molar-refractivity contribution is 7.45. The van der Waals surface area contributed by atoms with Crippen LogP contribution in [0.3, 0.4) is 0 Å². The van der Waals surface area contributed by atoms with Gasteiger partial charge >= 0.3 is 7.82 Å². The molecule has 0 saturated heterocycles. The number of phosphoric acid groups is 1. The molecule has 0 aromatic heterocycles. The van der Waals surface area contributed by atoms with E-state index in [1.807, 2.05) is 24.3 Å². The molecule has 0 aliphatic heterocycles. The number of phenolic OH excluding ortho intramolecular Hbond substituents is 1. The minimum Gasteiger partial charge on any atom is -0.507 e. The number of hydrogen-bond acceptors (Lipinski definition) is 2. The maximum absolute atomic E-state index is 11.4. The first-order valence-corrected chi connectivity index (χ1v) is 15.6. The minimum absolute atomic E-state index is 0.286. The normalized spacial score (nSPS) is 11.2. The van der Waals surface area contributed by atoms with E-state index < -0.39 is 7.82 Å². The van der Waals surface area contributed by atoms with Crippen LogP contribution in [0.5, 0.6) is 5.75 Å². The molecule has 0 aliphatic carbocycles. The van der Waals surface area contributed by atoms with Crippen molar-refractivity contribution in [1.29, 1.82) is 0 Å². The van der Waals surface area contributed by atoms with Gasteiger partial charge in [0.05, 0.1) is 0 Å². The van der Waals surface area contributed by atoms with Crippen molar-refractivity contribution in [2.24, 2.45) is 0 Å².